The van der Waals surface area contributed by atoms with Crippen LogP contribution >= 0.6 is 0 Å². The van der Waals surface area contributed by atoms with Gasteiger partial charge in [0.25, 0.3) is 12.9 Å². The number of rotatable bonds is 7. The van der Waals surface area contributed by atoms with Crippen LogP contribution in [0.2, 0.25) is 0 Å². The number of carbonyl (C=O) groups excluding carboxylic acids is 1. The van der Waals surface area contributed by atoms with Crippen molar-refractivity contribution in [3.05, 3.63) is 53.7 Å². The summed E-state index contributed by atoms with van der Waals surface area (Å²) in [5.74, 6) is 6.38. The van der Waals surface area contributed by atoms with E-state index < -0.39 is 18.5 Å². The lowest BCUT2D eigenvalue weighted by Crippen LogP contribution is -2.55. The number of pyridine rings is 3. The highest BCUT2D eigenvalue weighted by molar-refractivity contribution is 5.97. The largest absolute Gasteiger partial charge is 0.486 e. The second-order valence-electron chi connectivity index (χ2n) is 8.72. The van der Waals surface area contributed by atoms with Crippen LogP contribution < -0.4 is 10.1 Å². The van der Waals surface area contributed by atoms with E-state index in [1.165, 1.54) is 24.7 Å². The van der Waals surface area contributed by atoms with Gasteiger partial charge < -0.3 is 10.1 Å². The molecule has 186 valence electrons. The minimum absolute atomic E-state index is 0.0327. The first-order valence-corrected chi connectivity index (χ1v) is 11.4. The first-order chi connectivity index (χ1) is 17.4. The molecule has 0 radical (unpaired) electrons. The Balaban J connectivity index is 1.33. The fourth-order valence-electron chi connectivity index (χ4n) is 3.86. The molecule has 0 unspecified atom stereocenters. The molecule has 7 nitrogen and oxygen atoms in total. The number of anilines is 1. The van der Waals surface area contributed by atoms with Crippen molar-refractivity contribution in [1.82, 2.24) is 19.9 Å². The van der Waals surface area contributed by atoms with Crippen LogP contribution in [0.15, 0.2) is 36.8 Å². The molecule has 0 aromatic carbocycles. The Morgan fingerprint density at radius 3 is 2.53 bits per heavy atom. The minimum atomic E-state index is -2.80. The van der Waals surface area contributed by atoms with Gasteiger partial charge in [-0.3, -0.25) is 14.7 Å². The fourth-order valence-corrected chi connectivity index (χ4v) is 3.86. The Hall–Kier alpha value is -3.78. The van der Waals surface area contributed by atoms with Crippen LogP contribution in [0.5, 0.6) is 5.75 Å². The summed E-state index contributed by atoms with van der Waals surface area (Å²) in [6.07, 6.45) is 0.341. The molecular weight excluding hydrogens is 478 g/mol. The molecule has 0 spiro atoms. The van der Waals surface area contributed by atoms with Gasteiger partial charge in [0.05, 0.1) is 18.3 Å². The molecule has 4 heterocycles. The maximum Gasteiger partial charge on any atom is 0.281 e. The molecular formula is C25H21F4N5O2. The molecule has 2 aliphatic rings. The average Bonchev–Trinajstić information content (AvgIpc) is 3.67. The minimum Gasteiger partial charge on any atom is -0.486 e. The molecule has 11 heteroatoms. The molecule has 1 aliphatic carbocycles. The van der Waals surface area contributed by atoms with Gasteiger partial charge in [-0.05, 0) is 37.0 Å². The van der Waals surface area contributed by atoms with Gasteiger partial charge in [0, 0.05) is 42.2 Å². The molecule has 3 aromatic rings. The van der Waals surface area contributed by atoms with E-state index in [-0.39, 0.29) is 35.7 Å². The summed E-state index contributed by atoms with van der Waals surface area (Å²) in [7, 11) is 0. The van der Waals surface area contributed by atoms with Crippen molar-refractivity contribution in [2.24, 2.45) is 5.92 Å². The summed E-state index contributed by atoms with van der Waals surface area (Å²) >= 11 is 0. The molecule has 5 rings (SSSR count). The average molecular weight is 499 g/mol. The molecule has 1 N–H and O–H groups in total. The van der Waals surface area contributed by atoms with Crippen LogP contribution in [0.25, 0.3) is 10.8 Å². The number of nitrogens with zero attached hydrogens (tertiary/aromatic N) is 4. The molecule has 0 atom stereocenters. The number of carbonyl (C=O) groups is 1. The van der Waals surface area contributed by atoms with Gasteiger partial charge in [0.15, 0.2) is 0 Å². The second-order valence-corrected chi connectivity index (χ2v) is 8.72. The van der Waals surface area contributed by atoms with E-state index in [1.807, 2.05) is 0 Å². The highest BCUT2D eigenvalue weighted by atomic mass is 19.3. The van der Waals surface area contributed by atoms with Crippen LogP contribution in [0.3, 0.4) is 0 Å². The van der Waals surface area contributed by atoms with Crippen molar-refractivity contribution >= 4 is 22.5 Å². The van der Waals surface area contributed by atoms with Crippen LogP contribution in [-0.4, -0.2) is 57.9 Å². The van der Waals surface area contributed by atoms with Gasteiger partial charge in [0.1, 0.15) is 29.1 Å². The number of nitrogens with one attached hydrogen (secondary N) is 1. The molecule has 1 aliphatic heterocycles. The molecule has 0 bridgehead atoms. The van der Waals surface area contributed by atoms with E-state index in [2.05, 4.69) is 32.1 Å². The third-order valence-electron chi connectivity index (χ3n) is 5.89. The smallest absolute Gasteiger partial charge is 0.281 e. The lowest BCUT2D eigenvalue weighted by Gasteiger charge is -2.38. The molecule has 2 fully saturated rings. The Kier molecular flexibility index (Phi) is 6.69. The number of aromatic nitrogens is 3. The van der Waals surface area contributed by atoms with E-state index in [0.29, 0.717) is 35.5 Å². The molecule has 3 aromatic heterocycles. The van der Waals surface area contributed by atoms with Gasteiger partial charge in [0.2, 0.25) is 5.91 Å². The van der Waals surface area contributed by atoms with Crippen molar-refractivity contribution in [2.45, 2.75) is 31.8 Å². The summed E-state index contributed by atoms with van der Waals surface area (Å²) in [4.78, 5) is 25.9. The number of likely N-dealkylation sites (tertiary alicyclic amines) is 1. The van der Waals surface area contributed by atoms with E-state index in [0.717, 1.165) is 12.8 Å². The number of fused-ring (bicyclic) bond motifs is 1. The van der Waals surface area contributed by atoms with Crippen molar-refractivity contribution in [3.63, 3.8) is 0 Å². The third kappa shape index (κ3) is 5.54. The zero-order chi connectivity index (χ0) is 25.2. The monoisotopic (exact) mass is 499 g/mol. The predicted molar refractivity (Wildman–Crippen MR) is 123 cm³/mol. The topological polar surface area (TPSA) is 80.2 Å². The standard InChI is InChI=1S/C25H21F4N5O2/c26-21(27)13-34-11-18(12-34)36-17-6-5-16(30-9-17)4-3-15-8-32-23(24(28)29)20-10-31-22(7-19(15)20)33-25(35)14-1-2-14/h5-10,14,18,21,24H,1-2,11-13H2,(H,31,33,35). The summed E-state index contributed by atoms with van der Waals surface area (Å²) in [6.45, 7) is 0.593. The molecule has 36 heavy (non-hydrogen) atoms. The van der Waals surface area contributed by atoms with Gasteiger partial charge in [-0.1, -0.05) is 5.92 Å². The van der Waals surface area contributed by atoms with Crippen molar-refractivity contribution in [1.29, 1.82) is 0 Å². The van der Waals surface area contributed by atoms with Gasteiger partial charge in [-0.15, -0.1) is 0 Å². The molecule has 1 saturated carbocycles. The lowest BCUT2D eigenvalue weighted by molar-refractivity contribution is -0.117. The second kappa shape index (κ2) is 10.1. The normalized spacial score (nSPS) is 16.1. The predicted octanol–water partition coefficient (Wildman–Crippen LogP) is 4.04. The van der Waals surface area contributed by atoms with Crippen molar-refractivity contribution in [2.75, 3.05) is 25.0 Å². The fraction of sp³-hybridized carbons (Fsp3) is 0.360. The zero-order valence-electron chi connectivity index (χ0n) is 18.9. The van der Waals surface area contributed by atoms with Crippen LogP contribution in [-0.2, 0) is 4.79 Å². The van der Waals surface area contributed by atoms with Gasteiger partial charge in [-0.25, -0.2) is 27.5 Å². The van der Waals surface area contributed by atoms with E-state index >= 15 is 0 Å². The number of amides is 1. The highest BCUT2D eigenvalue weighted by Crippen LogP contribution is 2.32. The van der Waals surface area contributed by atoms with Crippen LogP contribution in [0, 0.1) is 17.8 Å². The van der Waals surface area contributed by atoms with Crippen LogP contribution in [0.1, 0.15) is 36.2 Å². The SMILES string of the molecule is O=C(Nc1cc2c(C#Cc3ccc(OC4CN(CC(F)F)C4)cn3)cnc(C(F)F)c2cn1)C1CC1. The summed E-state index contributed by atoms with van der Waals surface area (Å²) in [5, 5.41) is 3.26. The number of hydrogen-bond acceptors (Lipinski definition) is 6. The number of halogens is 4. The number of hydrogen-bond donors (Lipinski definition) is 1. The van der Waals surface area contributed by atoms with E-state index in [1.54, 1.807) is 17.0 Å². The summed E-state index contributed by atoms with van der Waals surface area (Å²) in [5.41, 5.74) is 0.387. The first-order valence-electron chi connectivity index (χ1n) is 11.4. The third-order valence-corrected chi connectivity index (χ3v) is 5.89. The zero-order valence-corrected chi connectivity index (χ0v) is 18.9. The first kappa shape index (κ1) is 23.9. The number of alkyl halides is 4. The van der Waals surface area contributed by atoms with Gasteiger partial charge in [-0.2, -0.15) is 0 Å². The maximum absolute atomic E-state index is 13.5. The maximum atomic E-state index is 13.5. The molecule has 1 amide bonds. The lowest BCUT2D eigenvalue weighted by atomic mass is 10.1. The quantitative estimate of drug-likeness (QED) is 0.391. The van der Waals surface area contributed by atoms with Crippen molar-refractivity contribution < 1.29 is 27.1 Å². The Labute approximate surface area is 203 Å². The van der Waals surface area contributed by atoms with E-state index in [4.69, 9.17) is 4.74 Å². The molecule has 1 saturated heterocycles. The Morgan fingerprint density at radius 1 is 1.06 bits per heavy atom. The van der Waals surface area contributed by atoms with Crippen molar-refractivity contribution in [3.8, 4) is 17.6 Å². The number of ether oxygens (including phenoxy) is 1. The Morgan fingerprint density at radius 2 is 1.86 bits per heavy atom. The Bertz CT molecular complexity index is 1330. The summed E-state index contributed by atoms with van der Waals surface area (Å²) in [6, 6.07) is 4.84. The van der Waals surface area contributed by atoms with Crippen LogP contribution in [0.4, 0.5) is 23.4 Å². The van der Waals surface area contributed by atoms with E-state index in [9.17, 15) is 22.4 Å². The summed E-state index contributed by atoms with van der Waals surface area (Å²) < 4.78 is 57.4. The van der Waals surface area contributed by atoms with Gasteiger partial charge >= 0.3 is 0 Å². The highest BCUT2D eigenvalue weighted by Gasteiger charge is 2.31.